The zero-order valence-electron chi connectivity index (χ0n) is 14.5. The van der Waals surface area contributed by atoms with Crippen LogP contribution in [0.3, 0.4) is 0 Å². The quantitative estimate of drug-likeness (QED) is 0.622. The molecule has 1 amide bonds. The molecule has 126 valence electrons. The number of methoxy groups -OCH3 is 1. The molecule has 2 aromatic carbocycles. The summed E-state index contributed by atoms with van der Waals surface area (Å²) in [5, 5.41) is 4.36. The van der Waals surface area contributed by atoms with Gasteiger partial charge in [-0.2, -0.15) is 5.10 Å². The highest BCUT2D eigenvalue weighted by Crippen LogP contribution is 2.12. The summed E-state index contributed by atoms with van der Waals surface area (Å²) >= 11 is 0. The van der Waals surface area contributed by atoms with Crippen LogP contribution in [-0.4, -0.2) is 18.7 Å². The van der Waals surface area contributed by atoms with Gasteiger partial charge < -0.3 is 4.74 Å². The third kappa shape index (κ3) is 5.54. The molecular weight excluding hydrogens is 300 g/mol. The normalized spacial score (nSPS) is 11.4. The van der Waals surface area contributed by atoms with E-state index in [4.69, 9.17) is 4.74 Å². The molecule has 2 aromatic rings. The highest BCUT2D eigenvalue weighted by molar-refractivity contribution is 6.01. The first-order valence-electron chi connectivity index (χ1n) is 8.12. The molecule has 0 aliphatic carbocycles. The van der Waals surface area contributed by atoms with Crippen LogP contribution in [-0.2, 0) is 11.2 Å². The molecule has 24 heavy (non-hydrogen) atoms. The number of nitrogens with one attached hydrogen (secondary N) is 1. The van der Waals surface area contributed by atoms with Gasteiger partial charge in [-0.3, -0.25) is 4.79 Å². The van der Waals surface area contributed by atoms with Crippen LogP contribution < -0.4 is 10.2 Å². The molecule has 0 unspecified atom stereocenters. The second-order valence-corrected chi connectivity index (χ2v) is 6.08. The number of rotatable bonds is 7. The largest absolute Gasteiger partial charge is 0.497 e. The van der Waals surface area contributed by atoms with E-state index in [-0.39, 0.29) is 12.3 Å². The Morgan fingerprint density at radius 3 is 2.33 bits per heavy atom. The molecule has 0 bridgehead atoms. The topological polar surface area (TPSA) is 50.7 Å². The second-order valence-electron chi connectivity index (χ2n) is 6.08. The molecule has 4 heteroatoms. The van der Waals surface area contributed by atoms with Crippen LogP contribution in [0.25, 0.3) is 0 Å². The Kier molecular flexibility index (Phi) is 6.55. The van der Waals surface area contributed by atoms with Gasteiger partial charge in [0, 0.05) is 0 Å². The predicted molar refractivity (Wildman–Crippen MR) is 97.3 cm³/mol. The third-order valence-corrected chi connectivity index (χ3v) is 3.55. The Labute approximate surface area is 143 Å². The van der Waals surface area contributed by atoms with Gasteiger partial charge in [0.1, 0.15) is 5.75 Å². The third-order valence-electron chi connectivity index (χ3n) is 3.55. The van der Waals surface area contributed by atoms with E-state index in [0.29, 0.717) is 5.92 Å². The molecule has 1 N–H and O–H groups in total. The Morgan fingerprint density at radius 1 is 1.08 bits per heavy atom. The fraction of sp³-hybridized carbons (Fsp3) is 0.300. The minimum atomic E-state index is -0.127. The molecule has 0 aliphatic rings. The Morgan fingerprint density at radius 2 is 1.75 bits per heavy atom. The highest BCUT2D eigenvalue weighted by Gasteiger charge is 2.08. The molecule has 4 nitrogen and oxygen atoms in total. The van der Waals surface area contributed by atoms with Crippen molar-refractivity contribution in [3.05, 3.63) is 65.7 Å². The standard InChI is InChI=1S/C20H24N2O2/c1-15(2)13-19(17-7-5-4-6-8-17)21-22-20(23)14-16-9-11-18(24-3)12-10-16/h4-12,15H,13-14H2,1-3H3,(H,22,23)/b21-19+. The molecule has 0 spiro atoms. The van der Waals surface area contributed by atoms with E-state index in [2.05, 4.69) is 24.4 Å². The number of amides is 1. The molecule has 0 aliphatic heterocycles. The minimum Gasteiger partial charge on any atom is -0.497 e. The lowest BCUT2D eigenvalue weighted by atomic mass is 10.0. The van der Waals surface area contributed by atoms with Gasteiger partial charge in [-0.1, -0.05) is 56.3 Å². The molecule has 0 saturated carbocycles. The van der Waals surface area contributed by atoms with Crippen molar-refractivity contribution >= 4 is 11.6 Å². The van der Waals surface area contributed by atoms with Gasteiger partial charge in [0.15, 0.2) is 0 Å². The van der Waals surface area contributed by atoms with Gasteiger partial charge in [-0.15, -0.1) is 0 Å². The highest BCUT2D eigenvalue weighted by atomic mass is 16.5. The van der Waals surface area contributed by atoms with E-state index < -0.39 is 0 Å². The summed E-state index contributed by atoms with van der Waals surface area (Å²) < 4.78 is 5.12. The van der Waals surface area contributed by atoms with E-state index >= 15 is 0 Å². The molecule has 0 aromatic heterocycles. The summed E-state index contributed by atoms with van der Waals surface area (Å²) in [4.78, 5) is 12.1. The van der Waals surface area contributed by atoms with Gasteiger partial charge in [0.2, 0.25) is 5.91 Å². The van der Waals surface area contributed by atoms with Crippen LogP contribution in [0.4, 0.5) is 0 Å². The predicted octanol–water partition coefficient (Wildman–Crippen LogP) is 3.80. The zero-order valence-corrected chi connectivity index (χ0v) is 14.5. The van der Waals surface area contributed by atoms with Crippen molar-refractivity contribution in [2.75, 3.05) is 7.11 Å². The molecule has 0 heterocycles. The van der Waals surface area contributed by atoms with Gasteiger partial charge in [-0.05, 0) is 35.6 Å². The Balaban J connectivity index is 2.02. The lowest BCUT2D eigenvalue weighted by Gasteiger charge is -2.10. The SMILES string of the molecule is COc1ccc(CC(=O)N/N=C(\CC(C)C)c2ccccc2)cc1. The number of benzene rings is 2. The maximum absolute atomic E-state index is 12.1. The van der Waals surface area contributed by atoms with Crippen molar-refractivity contribution in [3.63, 3.8) is 0 Å². The number of nitrogens with zero attached hydrogens (tertiary/aromatic N) is 1. The van der Waals surface area contributed by atoms with Crippen LogP contribution in [0.5, 0.6) is 5.75 Å². The minimum absolute atomic E-state index is 0.127. The van der Waals surface area contributed by atoms with E-state index in [1.54, 1.807) is 7.11 Å². The summed E-state index contributed by atoms with van der Waals surface area (Å²) in [6.45, 7) is 4.27. The number of hydrogen-bond donors (Lipinski definition) is 1. The number of carbonyl (C=O) groups is 1. The number of carbonyl (C=O) groups excluding carboxylic acids is 1. The van der Waals surface area contributed by atoms with Crippen molar-refractivity contribution in [2.24, 2.45) is 11.0 Å². The van der Waals surface area contributed by atoms with E-state index in [0.717, 1.165) is 29.0 Å². The monoisotopic (exact) mass is 324 g/mol. The average Bonchev–Trinajstić information content (AvgIpc) is 2.59. The van der Waals surface area contributed by atoms with Crippen molar-refractivity contribution in [2.45, 2.75) is 26.7 Å². The summed E-state index contributed by atoms with van der Waals surface area (Å²) in [6.07, 6.45) is 1.10. The van der Waals surface area contributed by atoms with Crippen molar-refractivity contribution in [1.29, 1.82) is 0 Å². The summed E-state index contributed by atoms with van der Waals surface area (Å²) in [5.41, 5.74) is 5.54. The van der Waals surface area contributed by atoms with Crippen molar-refractivity contribution in [1.82, 2.24) is 5.43 Å². The fourth-order valence-corrected chi connectivity index (χ4v) is 2.34. The lowest BCUT2D eigenvalue weighted by molar-refractivity contribution is -0.120. The summed E-state index contributed by atoms with van der Waals surface area (Å²) in [7, 11) is 1.62. The summed E-state index contributed by atoms with van der Waals surface area (Å²) in [5.74, 6) is 1.11. The van der Waals surface area contributed by atoms with Gasteiger partial charge >= 0.3 is 0 Å². The van der Waals surface area contributed by atoms with Crippen LogP contribution in [0, 0.1) is 5.92 Å². The van der Waals surface area contributed by atoms with Crippen LogP contribution in [0.2, 0.25) is 0 Å². The molecule has 2 rings (SSSR count). The lowest BCUT2D eigenvalue weighted by Crippen LogP contribution is -2.22. The smallest absolute Gasteiger partial charge is 0.244 e. The first-order valence-corrected chi connectivity index (χ1v) is 8.12. The molecule has 0 radical (unpaired) electrons. The Bertz CT molecular complexity index is 677. The average molecular weight is 324 g/mol. The zero-order chi connectivity index (χ0) is 17.4. The van der Waals surface area contributed by atoms with Crippen molar-refractivity contribution < 1.29 is 9.53 Å². The van der Waals surface area contributed by atoms with Gasteiger partial charge in [0.05, 0.1) is 19.2 Å². The van der Waals surface area contributed by atoms with Crippen LogP contribution in [0.1, 0.15) is 31.4 Å². The fourth-order valence-electron chi connectivity index (χ4n) is 2.34. The van der Waals surface area contributed by atoms with Crippen LogP contribution in [0.15, 0.2) is 59.7 Å². The van der Waals surface area contributed by atoms with Crippen LogP contribution >= 0.6 is 0 Å². The molecule has 0 saturated heterocycles. The van der Waals surface area contributed by atoms with Gasteiger partial charge in [0.25, 0.3) is 0 Å². The first-order chi connectivity index (χ1) is 11.6. The number of ether oxygens (including phenoxy) is 1. The first kappa shape index (κ1) is 17.7. The van der Waals surface area contributed by atoms with E-state index in [9.17, 15) is 4.79 Å². The Hall–Kier alpha value is -2.62. The maximum Gasteiger partial charge on any atom is 0.244 e. The maximum atomic E-state index is 12.1. The van der Waals surface area contributed by atoms with Crippen molar-refractivity contribution in [3.8, 4) is 5.75 Å². The van der Waals surface area contributed by atoms with Gasteiger partial charge in [-0.25, -0.2) is 5.43 Å². The molecule has 0 atom stereocenters. The number of hydrogen-bond acceptors (Lipinski definition) is 3. The van der Waals surface area contributed by atoms with E-state index in [1.165, 1.54) is 0 Å². The number of hydrazone groups is 1. The molecule has 0 fully saturated rings. The summed E-state index contributed by atoms with van der Waals surface area (Å²) in [6, 6.07) is 17.4. The second kappa shape index (κ2) is 8.87. The molecular formula is C20H24N2O2. The van der Waals surface area contributed by atoms with E-state index in [1.807, 2.05) is 54.6 Å².